The van der Waals surface area contributed by atoms with Gasteiger partial charge in [0, 0.05) is 32.1 Å². The normalized spacial score (nSPS) is 14.7. The van der Waals surface area contributed by atoms with Gasteiger partial charge in [0.2, 0.25) is 0 Å². The second-order valence-electron chi connectivity index (χ2n) is 12.2. The maximum Gasteiger partial charge on any atom is 0.171 e. The van der Waals surface area contributed by atoms with Crippen LogP contribution in [0.25, 0.3) is 59.9 Å². The second-order valence-corrected chi connectivity index (χ2v) is 15.0. The summed E-state index contributed by atoms with van der Waals surface area (Å²) in [5.74, 6) is 0. The van der Waals surface area contributed by atoms with Gasteiger partial charge in [-0.1, -0.05) is 147 Å². The fraction of sp³-hybridized carbons (Fsp3) is 0.0444. The van der Waals surface area contributed by atoms with Crippen LogP contribution in [-0.2, 0) is 4.57 Å². The van der Waals surface area contributed by atoms with E-state index >= 15 is 4.57 Å². The van der Waals surface area contributed by atoms with Crippen molar-refractivity contribution in [3.05, 3.63) is 182 Å². The van der Waals surface area contributed by atoms with Crippen molar-refractivity contribution in [1.82, 2.24) is 4.98 Å². The molecule has 6 aromatic carbocycles. The molecular formula is C45H34NOP. The molecule has 0 spiro atoms. The highest BCUT2D eigenvalue weighted by Gasteiger charge is 2.30. The fourth-order valence-corrected chi connectivity index (χ4v) is 9.85. The molecule has 0 aliphatic heterocycles. The molecule has 48 heavy (non-hydrogen) atoms. The molecule has 0 bridgehead atoms. The number of allylic oxidation sites excluding steroid dienone is 8. The monoisotopic (exact) mass is 635 g/mol. The third kappa shape index (κ3) is 4.89. The quantitative estimate of drug-likeness (QED) is 0.0755. The highest BCUT2D eigenvalue weighted by atomic mass is 31.2. The first-order valence-electron chi connectivity index (χ1n) is 16.4. The van der Waals surface area contributed by atoms with Gasteiger partial charge in [-0.2, -0.15) is 0 Å². The van der Waals surface area contributed by atoms with E-state index in [0.717, 1.165) is 67.5 Å². The van der Waals surface area contributed by atoms with Crippen LogP contribution in [0.5, 0.6) is 0 Å². The maximum absolute atomic E-state index is 15.3. The Kier molecular flexibility index (Phi) is 7.60. The molecule has 3 heteroatoms. The van der Waals surface area contributed by atoms with Gasteiger partial charge in [-0.3, -0.25) is 0 Å². The van der Waals surface area contributed by atoms with Crippen LogP contribution in [0.15, 0.2) is 176 Å². The summed E-state index contributed by atoms with van der Waals surface area (Å²) in [5.41, 5.74) is 5.21. The third-order valence-corrected chi connectivity index (χ3v) is 12.5. The molecule has 1 unspecified atom stereocenters. The Labute approximate surface area is 281 Å². The van der Waals surface area contributed by atoms with Gasteiger partial charge in [0.05, 0.1) is 11.2 Å². The zero-order chi connectivity index (χ0) is 32.7. The van der Waals surface area contributed by atoms with E-state index in [9.17, 15) is 0 Å². The molecule has 0 radical (unpaired) electrons. The van der Waals surface area contributed by atoms with Crippen molar-refractivity contribution in [1.29, 1.82) is 0 Å². The standard InChI is InChI=1S/C45H34NOP/c1-3-16-35(4-2)48(47,36-22-9-6-10-23-36)37-24-15-21-34(27-37)40-30-42-44(39-26-14-13-25-38(39)40)41-28-32-19-11-12-20-33(32)29-43(41)46-45(42)31-17-7-5-8-18-31/h3-4,6-7,9-30H,1-2,5,8H2/b35-16+. The van der Waals surface area contributed by atoms with Crippen LogP contribution in [0.2, 0.25) is 0 Å². The van der Waals surface area contributed by atoms with Gasteiger partial charge in [0.25, 0.3) is 0 Å². The van der Waals surface area contributed by atoms with Gasteiger partial charge in [0.15, 0.2) is 7.14 Å². The number of pyridine rings is 1. The van der Waals surface area contributed by atoms with Crippen LogP contribution in [-0.4, -0.2) is 4.98 Å². The van der Waals surface area contributed by atoms with Crippen LogP contribution < -0.4 is 10.6 Å². The van der Waals surface area contributed by atoms with Crippen LogP contribution in [0.3, 0.4) is 0 Å². The summed E-state index contributed by atoms with van der Waals surface area (Å²) in [4.78, 5) is 5.38. The molecule has 1 aromatic heterocycles. The molecule has 1 heterocycles. The number of fused-ring (bicyclic) bond motifs is 6. The summed E-state index contributed by atoms with van der Waals surface area (Å²) < 4.78 is 15.3. The minimum absolute atomic E-state index is 0.658. The summed E-state index contributed by atoms with van der Waals surface area (Å²) in [6.07, 6.45) is 14.0. The molecule has 7 aromatic rings. The number of nitrogens with zero attached hydrogens (tertiary/aromatic N) is 1. The molecule has 0 saturated carbocycles. The summed E-state index contributed by atoms with van der Waals surface area (Å²) in [7, 11) is -3.25. The lowest BCUT2D eigenvalue weighted by molar-refractivity contribution is 0.591. The van der Waals surface area contributed by atoms with Gasteiger partial charge in [-0.25, -0.2) is 4.98 Å². The Hall–Kier alpha value is -5.56. The minimum atomic E-state index is -3.25. The Morgan fingerprint density at radius 2 is 1.42 bits per heavy atom. The molecule has 0 fully saturated rings. The molecule has 8 rings (SSSR count). The largest absolute Gasteiger partial charge is 0.309 e. The van der Waals surface area contributed by atoms with Gasteiger partial charge < -0.3 is 4.57 Å². The van der Waals surface area contributed by atoms with Crippen LogP contribution in [0.4, 0.5) is 0 Å². The third-order valence-electron chi connectivity index (χ3n) is 9.44. The van der Waals surface area contributed by atoms with E-state index in [4.69, 9.17) is 4.98 Å². The molecule has 1 aliphatic rings. The lowest BCUT2D eigenvalue weighted by Crippen LogP contribution is -2.17. The molecule has 0 saturated heterocycles. The predicted octanol–water partition coefficient (Wildman–Crippen LogP) is 11.7. The highest BCUT2D eigenvalue weighted by Crippen LogP contribution is 2.53. The van der Waals surface area contributed by atoms with Crippen molar-refractivity contribution < 1.29 is 4.57 Å². The van der Waals surface area contributed by atoms with Crippen molar-refractivity contribution in [2.45, 2.75) is 12.8 Å². The van der Waals surface area contributed by atoms with Crippen LogP contribution >= 0.6 is 7.14 Å². The van der Waals surface area contributed by atoms with E-state index in [2.05, 4.69) is 110 Å². The van der Waals surface area contributed by atoms with Gasteiger partial charge in [-0.15, -0.1) is 0 Å². The minimum Gasteiger partial charge on any atom is -0.309 e. The molecule has 2 nitrogen and oxygen atoms in total. The summed E-state index contributed by atoms with van der Waals surface area (Å²) >= 11 is 0. The van der Waals surface area contributed by atoms with E-state index in [1.807, 2.05) is 48.5 Å². The fourth-order valence-electron chi connectivity index (χ4n) is 7.18. The van der Waals surface area contributed by atoms with E-state index in [-0.39, 0.29) is 0 Å². The number of aromatic nitrogens is 1. The first-order valence-corrected chi connectivity index (χ1v) is 18.1. The van der Waals surface area contributed by atoms with E-state index in [1.54, 1.807) is 12.2 Å². The van der Waals surface area contributed by atoms with Gasteiger partial charge in [-0.05, 0) is 75.4 Å². The molecular weight excluding hydrogens is 601 g/mol. The predicted molar refractivity (Wildman–Crippen MR) is 208 cm³/mol. The molecule has 230 valence electrons. The van der Waals surface area contributed by atoms with Crippen LogP contribution in [0.1, 0.15) is 18.5 Å². The van der Waals surface area contributed by atoms with E-state index < -0.39 is 7.14 Å². The average molecular weight is 636 g/mol. The number of benzene rings is 6. The van der Waals surface area contributed by atoms with Crippen molar-refractivity contribution in [3.8, 4) is 11.1 Å². The smallest absolute Gasteiger partial charge is 0.171 e. The lowest BCUT2D eigenvalue weighted by Gasteiger charge is -2.22. The Balaban J connectivity index is 1.46. The van der Waals surface area contributed by atoms with Crippen molar-refractivity contribution in [3.63, 3.8) is 0 Å². The molecule has 0 amide bonds. The van der Waals surface area contributed by atoms with Crippen molar-refractivity contribution >= 4 is 66.5 Å². The maximum atomic E-state index is 15.3. The summed E-state index contributed by atoms with van der Waals surface area (Å²) in [6, 6.07) is 41.9. The average Bonchev–Trinajstić information content (AvgIpc) is 3.15. The second kappa shape index (κ2) is 12.2. The van der Waals surface area contributed by atoms with Crippen molar-refractivity contribution in [2.24, 2.45) is 0 Å². The first-order chi connectivity index (χ1) is 23.6. The zero-order valence-electron chi connectivity index (χ0n) is 26.6. The zero-order valence-corrected chi connectivity index (χ0v) is 27.5. The first kappa shape index (κ1) is 29.8. The van der Waals surface area contributed by atoms with E-state index in [1.165, 1.54) is 21.5 Å². The summed E-state index contributed by atoms with van der Waals surface area (Å²) in [6.45, 7) is 7.95. The van der Waals surface area contributed by atoms with Crippen LogP contribution in [0, 0.1) is 0 Å². The SMILES string of the molecule is C=C/C=C(\C=C)P(=O)(c1ccccc1)c1cccc(-c2cc3c(C4=CCCC=C4)nc4cc5ccccc5cc4c3c3ccccc23)c1. The topological polar surface area (TPSA) is 30.0 Å². The van der Waals surface area contributed by atoms with Gasteiger partial charge in [0.1, 0.15) is 0 Å². The number of rotatable bonds is 7. The van der Waals surface area contributed by atoms with Crippen molar-refractivity contribution in [2.75, 3.05) is 0 Å². The Bertz CT molecular complexity index is 2570. The molecule has 0 N–H and O–H groups in total. The van der Waals surface area contributed by atoms with Gasteiger partial charge >= 0.3 is 0 Å². The highest BCUT2D eigenvalue weighted by molar-refractivity contribution is 7.82. The Morgan fingerprint density at radius 3 is 2.17 bits per heavy atom. The number of hydrogen-bond donors (Lipinski definition) is 0. The summed E-state index contributed by atoms with van der Waals surface area (Å²) in [5, 5.41) is 10.3. The Morgan fingerprint density at radius 1 is 0.688 bits per heavy atom. The number of hydrogen-bond acceptors (Lipinski definition) is 2. The molecule has 1 atom stereocenters. The lowest BCUT2D eigenvalue weighted by atomic mass is 9.88. The molecule has 1 aliphatic carbocycles. The van der Waals surface area contributed by atoms with E-state index in [0.29, 0.717) is 5.31 Å².